The Morgan fingerprint density at radius 2 is 2.16 bits per heavy atom. The van der Waals surface area contributed by atoms with Crippen LogP contribution in [-0.4, -0.2) is 54.5 Å². The van der Waals surface area contributed by atoms with Gasteiger partial charge in [0.25, 0.3) is 0 Å². The Hall–Kier alpha value is -2.13. The van der Waals surface area contributed by atoms with Crippen molar-refractivity contribution >= 4 is 5.96 Å². The number of benzene rings is 1. The molecule has 1 atom stereocenters. The number of nitriles is 1. The summed E-state index contributed by atoms with van der Waals surface area (Å²) in [4.78, 5) is 9.51. The van der Waals surface area contributed by atoms with Crippen LogP contribution >= 0.6 is 0 Å². The zero-order valence-electron chi connectivity index (χ0n) is 14.8. The standard InChI is InChI=1S/C19H26FN5/c1-2-22-19(23-13-16-6-5-15(12-21)11-18(16)20)25-10-7-17(14-25)24-8-3-4-9-24/h5-6,11,17H,2-4,7-10,13-14H2,1H3,(H,22,23). The van der Waals surface area contributed by atoms with E-state index in [1.807, 2.05) is 13.0 Å². The highest BCUT2D eigenvalue weighted by molar-refractivity contribution is 5.80. The number of aliphatic imine (C=N–C) groups is 1. The molecule has 0 spiro atoms. The minimum absolute atomic E-state index is 0.282. The van der Waals surface area contributed by atoms with E-state index in [1.54, 1.807) is 12.1 Å². The molecule has 0 aliphatic carbocycles. The Morgan fingerprint density at radius 3 is 2.84 bits per heavy atom. The number of rotatable bonds is 4. The van der Waals surface area contributed by atoms with Crippen LogP contribution in [0, 0.1) is 17.1 Å². The molecule has 2 heterocycles. The topological polar surface area (TPSA) is 54.7 Å². The van der Waals surface area contributed by atoms with Crippen LogP contribution < -0.4 is 5.32 Å². The average Bonchev–Trinajstić information content (AvgIpc) is 3.30. The Labute approximate surface area is 149 Å². The minimum atomic E-state index is -0.366. The summed E-state index contributed by atoms with van der Waals surface area (Å²) in [6.45, 7) is 7.52. The van der Waals surface area contributed by atoms with Crippen molar-refractivity contribution in [3.63, 3.8) is 0 Å². The van der Waals surface area contributed by atoms with Crippen molar-refractivity contribution in [3.8, 4) is 6.07 Å². The second kappa shape index (κ2) is 8.30. The summed E-state index contributed by atoms with van der Waals surface area (Å²) in [5.74, 6) is 0.489. The minimum Gasteiger partial charge on any atom is -0.357 e. The number of guanidine groups is 1. The summed E-state index contributed by atoms with van der Waals surface area (Å²) in [5.41, 5.74) is 0.856. The molecule has 2 saturated heterocycles. The second-order valence-corrected chi connectivity index (χ2v) is 6.72. The van der Waals surface area contributed by atoms with Gasteiger partial charge in [0.2, 0.25) is 0 Å². The molecule has 2 fully saturated rings. The van der Waals surface area contributed by atoms with Gasteiger partial charge in [0, 0.05) is 31.2 Å². The van der Waals surface area contributed by atoms with Crippen molar-refractivity contribution < 1.29 is 4.39 Å². The van der Waals surface area contributed by atoms with Crippen molar-refractivity contribution in [1.82, 2.24) is 15.1 Å². The van der Waals surface area contributed by atoms with E-state index in [2.05, 4.69) is 20.1 Å². The van der Waals surface area contributed by atoms with E-state index in [4.69, 9.17) is 5.26 Å². The molecule has 134 valence electrons. The molecule has 0 bridgehead atoms. The molecule has 6 heteroatoms. The lowest BCUT2D eigenvalue weighted by atomic mass is 10.1. The van der Waals surface area contributed by atoms with Crippen molar-refractivity contribution in [2.75, 3.05) is 32.7 Å². The third-order valence-electron chi connectivity index (χ3n) is 5.04. The average molecular weight is 343 g/mol. The maximum Gasteiger partial charge on any atom is 0.194 e. The lowest BCUT2D eigenvalue weighted by Gasteiger charge is -2.25. The van der Waals surface area contributed by atoms with E-state index in [1.165, 1.54) is 32.0 Å². The fraction of sp³-hybridized carbons (Fsp3) is 0.579. The second-order valence-electron chi connectivity index (χ2n) is 6.72. The van der Waals surface area contributed by atoms with Gasteiger partial charge in [-0.1, -0.05) is 6.07 Å². The molecule has 5 nitrogen and oxygen atoms in total. The summed E-state index contributed by atoms with van der Waals surface area (Å²) in [5, 5.41) is 12.2. The first kappa shape index (κ1) is 17.7. The van der Waals surface area contributed by atoms with Crippen LogP contribution in [-0.2, 0) is 6.54 Å². The van der Waals surface area contributed by atoms with Crippen molar-refractivity contribution in [1.29, 1.82) is 5.26 Å². The highest BCUT2D eigenvalue weighted by atomic mass is 19.1. The first-order valence-corrected chi connectivity index (χ1v) is 9.17. The van der Waals surface area contributed by atoms with Crippen molar-refractivity contribution in [2.24, 2.45) is 4.99 Å². The number of hydrogen-bond acceptors (Lipinski definition) is 3. The summed E-state index contributed by atoms with van der Waals surface area (Å²) in [6.07, 6.45) is 3.78. The fourth-order valence-corrected chi connectivity index (χ4v) is 3.67. The van der Waals surface area contributed by atoms with Crippen LogP contribution in [0.1, 0.15) is 37.3 Å². The van der Waals surface area contributed by atoms with Gasteiger partial charge in [0.15, 0.2) is 5.96 Å². The summed E-state index contributed by atoms with van der Waals surface area (Å²) in [6, 6.07) is 7.13. The first-order chi connectivity index (χ1) is 12.2. The van der Waals surface area contributed by atoms with Gasteiger partial charge >= 0.3 is 0 Å². The van der Waals surface area contributed by atoms with Crippen molar-refractivity contribution in [3.05, 3.63) is 35.1 Å². The molecular formula is C19H26FN5. The molecule has 0 saturated carbocycles. The smallest absolute Gasteiger partial charge is 0.194 e. The third kappa shape index (κ3) is 4.29. The van der Waals surface area contributed by atoms with Gasteiger partial charge in [-0.2, -0.15) is 5.26 Å². The van der Waals surface area contributed by atoms with Crippen LogP contribution in [0.2, 0.25) is 0 Å². The highest BCUT2D eigenvalue weighted by Gasteiger charge is 2.30. The number of nitrogens with zero attached hydrogens (tertiary/aromatic N) is 4. The summed E-state index contributed by atoms with van der Waals surface area (Å²) < 4.78 is 14.1. The zero-order valence-corrected chi connectivity index (χ0v) is 14.8. The molecule has 0 aromatic heterocycles. The van der Waals surface area contributed by atoms with E-state index in [0.29, 0.717) is 17.2 Å². The Kier molecular flexibility index (Phi) is 5.87. The Balaban J connectivity index is 1.66. The maximum atomic E-state index is 14.1. The SMILES string of the molecule is CCNC(=NCc1ccc(C#N)cc1F)N1CCC(N2CCCC2)C1. The van der Waals surface area contributed by atoms with Crippen LogP contribution in [0.3, 0.4) is 0 Å². The number of nitrogens with one attached hydrogen (secondary N) is 1. The van der Waals surface area contributed by atoms with E-state index in [-0.39, 0.29) is 12.4 Å². The Morgan fingerprint density at radius 1 is 1.36 bits per heavy atom. The molecule has 3 rings (SSSR count). The predicted molar refractivity (Wildman–Crippen MR) is 96.7 cm³/mol. The van der Waals surface area contributed by atoms with E-state index in [0.717, 1.165) is 32.0 Å². The molecule has 1 unspecified atom stereocenters. The summed E-state index contributed by atoms with van der Waals surface area (Å²) in [7, 11) is 0. The predicted octanol–water partition coefficient (Wildman–Crippen LogP) is 2.33. The number of likely N-dealkylation sites (tertiary alicyclic amines) is 2. The molecule has 2 aliphatic heterocycles. The van der Waals surface area contributed by atoms with Gasteiger partial charge in [-0.3, -0.25) is 4.90 Å². The third-order valence-corrected chi connectivity index (χ3v) is 5.04. The first-order valence-electron chi connectivity index (χ1n) is 9.17. The van der Waals surface area contributed by atoms with Gasteiger partial charge in [0.05, 0.1) is 18.2 Å². The van der Waals surface area contributed by atoms with Crippen molar-refractivity contribution in [2.45, 2.75) is 38.8 Å². The molecule has 0 radical (unpaired) electrons. The number of halogens is 1. The fourth-order valence-electron chi connectivity index (χ4n) is 3.67. The summed E-state index contributed by atoms with van der Waals surface area (Å²) >= 11 is 0. The van der Waals surface area contributed by atoms with Crippen LogP contribution in [0.4, 0.5) is 4.39 Å². The normalized spacial score (nSPS) is 21.6. The molecule has 2 aliphatic rings. The van der Waals surface area contributed by atoms with Crippen LogP contribution in [0.25, 0.3) is 0 Å². The zero-order chi connectivity index (χ0) is 17.6. The number of hydrogen-bond donors (Lipinski definition) is 1. The molecular weight excluding hydrogens is 317 g/mol. The highest BCUT2D eigenvalue weighted by Crippen LogP contribution is 2.20. The van der Waals surface area contributed by atoms with Gasteiger partial charge in [-0.05, 0) is 51.4 Å². The van der Waals surface area contributed by atoms with Gasteiger partial charge < -0.3 is 10.2 Å². The molecule has 1 aromatic rings. The molecule has 1 aromatic carbocycles. The molecule has 25 heavy (non-hydrogen) atoms. The quantitative estimate of drug-likeness (QED) is 0.673. The maximum absolute atomic E-state index is 14.1. The van der Waals surface area contributed by atoms with Crippen LogP contribution in [0.15, 0.2) is 23.2 Å². The monoisotopic (exact) mass is 343 g/mol. The largest absolute Gasteiger partial charge is 0.357 e. The Bertz CT molecular complexity index is 660. The van der Waals surface area contributed by atoms with E-state index >= 15 is 0 Å². The van der Waals surface area contributed by atoms with Gasteiger partial charge in [0.1, 0.15) is 5.82 Å². The lowest BCUT2D eigenvalue weighted by Crippen LogP contribution is -2.42. The van der Waals surface area contributed by atoms with E-state index < -0.39 is 0 Å². The molecule has 1 N–H and O–H groups in total. The van der Waals surface area contributed by atoms with E-state index in [9.17, 15) is 4.39 Å². The van der Waals surface area contributed by atoms with Crippen LogP contribution in [0.5, 0.6) is 0 Å². The lowest BCUT2D eigenvalue weighted by molar-refractivity contribution is 0.249. The van der Waals surface area contributed by atoms with Gasteiger partial charge in [-0.15, -0.1) is 0 Å². The molecule has 0 amide bonds. The van der Waals surface area contributed by atoms with Gasteiger partial charge in [-0.25, -0.2) is 9.38 Å².